The van der Waals surface area contributed by atoms with E-state index in [1.54, 1.807) is 18.2 Å². The molecule has 0 atom stereocenters. The van der Waals surface area contributed by atoms with Crippen LogP contribution in [0.5, 0.6) is 5.75 Å². The average Bonchev–Trinajstić information content (AvgIpc) is 2.02. The predicted octanol–water partition coefficient (Wildman–Crippen LogP) is 2.49. The molecule has 0 spiro atoms. The predicted molar refractivity (Wildman–Crippen MR) is 55.3 cm³/mol. The van der Waals surface area contributed by atoms with Crippen LogP contribution < -0.4 is 10.9 Å². The topological polar surface area (TPSA) is 83.0 Å². The lowest BCUT2D eigenvalue weighted by molar-refractivity contribution is -0.139. The van der Waals surface area contributed by atoms with Crippen molar-refractivity contribution in [1.82, 2.24) is 6.15 Å². The number of aliphatic carboxylic acids is 1. The highest BCUT2D eigenvalue weighted by atomic mass is 35.5. The van der Waals surface area contributed by atoms with Crippen LogP contribution >= 0.6 is 11.6 Å². The van der Waals surface area contributed by atoms with Crippen LogP contribution in [0.1, 0.15) is 5.56 Å². The number of halogens is 1. The summed E-state index contributed by atoms with van der Waals surface area (Å²) in [7, 11) is 0. The summed E-state index contributed by atoms with van der Waals surface area (Å²) < 4.78 is 5.00. The van der Waals surface area contributed by atoms with Gasteiger partial charge >= 0.3 is 5.97 Å². The Balaban J connectivity index is 0.00000169. The third kappa shape index (κ3) is 3.64. The Morgan fingerprint density at radius 2 is 2.21 bits per heavy atom. The number of ether oxygens (including phenoxy) is 1. The molecule has 1 aromatic rings. The van der Waals surface area contributed by atoms with Crippen LogP contribution in [0.25, 0.3) is 0 Å². The molecule has 0 fully saturated rings. The fourth-order valence-electron chi connectivity index (χ4n) is 0.914. The summed E-state index contributed by atoms with van der Waals surface area (Å²) in [5, 5.41) is 8.98. The smallest absolute Gasteiger partial charge is 0.341 e. The molecule has 0 aliphatic rings. The Hall–Kier alpha value is -1.26. The van der Waals surface area contributed by atoms with Gasteiger partial charge in [0.05, 0.1) is 0 Å². The lowest BCUT2D eigenvalue weighted by Gasteiger charge is -2.06. The molecule has 0 heterocycles. The average molecular weight is 219 g/mol. The molecule has 0 saturated carbocycles. The van der Waals surface area contributed by atoms with Crippen LogP contribution in [0.4, 0.5) is 0 Å². The Morgan fingerprint density at radius 3 is 2.71 bits per heavy atom. The van der Waals surface area contributed by atoms with Gasteiger partial charge < -0.3 is 16.0 Å². The first-order chi connectivity index (χ1) is 6.09. The number of carbonyl (C=O) groups is 1. The molecule has 14 heavy (non-hydrogen) atoms. The van der Waals surface area contributed by atoms with E-state index in [4.69, 9.17) is 21.4 Å². The highest BCUT2D eigenvalue weighted by molar-refractivity contribution is 6.30. The van der Waals surface area contributed by atoms with Crippen LogP contribution in [0.2, 0.25) is 5.02 Å². The number of rotatable bonds is 3. The van der Waals surface area contributed by atoms with Crippen LogP contribution in [-0.4, -0.2) is 17.7 Å². The van der Waals surface area contributed by atoms with E-state index < -0.39 is 5.97 Å². The molecular formula is C9H13ClNO3+. The minimum atomic E-state index is -0.991. The summed E-state index contributed by atoms with van der Waals surface area (Å²) in [6.07, 6.45) is 0. The molecule has 0 unspecified atom stereocenters. The molecule has 0 bridgehead atoms. The SMILES string of the molecule is Cc1cc(Cl)ccc1OCC(=O)O.[NH4+]. The van der Waals surface area contributed by atoms with Crippen molar-refractivity contribution in [2.75, 3.05) is 6.61 Å². The van der Waals surface area contributed by atoms with Crippen molar-refractivity contribution in [3.63, 3.8) is 0 Å². The van der Waals surface area contributed by atoms with Crippen molar-refractivity contribution in [1.29, 1.82) is 0 Å². The highest BCUT2D eigenvalue weighted by Crippen LogP contribution is 2.21. The van der Waals surface area contributed by atoms with Crippen LogP contribution in [0, 0.1) is 6.92 Å². The summed E-state index contributed by atoms with van der Waals surface area (Å²) in [5.74, 6) is -0.443. The van der Waals surface area contributed by atoms with Crippen LogP contribution in [0.15, 0.2) is 18.2 Å². The zero-order chi connectivity index (χ0) is 9.84. The lowest BCUT2D eigenvalue weighted by Crippen LogP contribution is -2.09. The van der Waals surface area contributed by atoms with Gasteiger partial charge in [0.2, 0.25) is 0 Å². The molecular weight excluding hydrogens is 206 g/mol. The number of hydrogen-bond donors (Lipinski definition) is 2. The lowest BCUT2D eigenvalue weighted by atomic mass is 10.2. The van der Waals surface area contributed by atoms with Gasteiger partial charge in [-0.25, -0.2) is 4.79 Å². The molecule has 1 aromatic carbocycles. The van der Waals surface area contributed by atoms with Gasteiger partial charge in [-0.3, -0.25) is 0 Å². The zero-order valence-electron chi connectivity index (χ0n) is 8.08. The van der Waals surface area contributed by atoms with Gasteiger partial charge in [-0.15, -0.1) is 0 Å². The summed E-state index contributed by atoms with van der Waals surface area (Å²) in [4.78, 5) is 10.2. The third-order valence-electron chi connectivity index (χ3n) is 1.49. The van der Waals surface area contributed by atoms with E-state index >= 15 is 0 Å². The van der Waals surface area contributed by atoms with Crippen molar-refractivity contribution in [2.24, 2.45) is 0 Å². The Kier molecular flexibility index (Phi) is 4.97. The molecule has 0 aliphatic carbocycles. The zero-order valence-corrected chi connectivity index (χ0v) is 8.84. The fourth-order valence-corrected chi connectivity index (χ4v) is 1.14. The van der Waals surface area contributed by atoms with E-state index in [1.807, 2.05) is 6.92 Å². The maximum atomic E-state index is 10.2. The van der Waals surface area contributed by atoms with Crippen molar-refractivity contribution >= 4 is 17.6 Å². The molecule has 5 N–H and O–H groups in total. The van der Waals surface area contributed by atoms with Gasteiger partial charge in [-0.05, 0) is 30.7 Å². The van der Waals surface area contributed by atoms with Crippen LogP contribution in [-0.2, 0) is 4.79 Å². The van der Waals surface area contributed by atoms with E-state index in [-0.39, 0.29) is 12.8 Å². The highest BCUT2D eigenvalue weighted by Gasteiger charge is 2.02. The minimum Gasteiger partial charge on any atom is -0.482 e. The normalized spacial score (nSPS) is 9.00. The van der Waals surface area contributed by atoms with E-state index in [2.05, 4.69) is 0 Å². The van der Waals surface area contributed by atoms with Gasteiger partial charge in [0, 0.05) is 5.02 Å². The Morgan fingerprint density at radius 1 is 1.57 bits per heavy atom. The quantitative estimate of drug-likeness (QED) is 0.818. The summed E-state index contributed by atoms with van der Waals surface area (Å²) in [6.45, 7) is 1.48. The fraction of sp³-hybridized carbons (Fsp3) is 0.222. The summed E-state index contributed by atoms with van der Waals surface area (Å²) in [6, 6.07) is 5.03. The number of carboxylic acid groups (broad SMARTS) is 1. The largest absolute Gasteiger partial charge is 0.482 e. The van der Waals surface area contributed by atoms with Crippen molar-refractivity contribution < 1.29 is 14.6 Å². The van der Waals surface area contributed by atoms with Gasteiger partial charge in [0.25, 0.3) is 0 Å². The van der Waals surface area contributed by atoms with Gasteiger partial charge in [-0.1, -0.05) is 11.6 Å². The second-order valence-corrected chi connectivity index (χ2v) is 3.03. The first-order valence-electron chi connectivity index (χ1n) is 3.70. The molecule has 4 nitrogen and oxygen atoms in total. The van der Waals surface area contributed by atoms with Crippen molar-refractivity contribution in [2.45, 2.75) is 6.92 Å². The number of benzene rings is 1. The van der Waals surface area contributed by atoms with Gasteiger partial charge in [0.15, 0.2) is 6.61 Å². The van der Waals surface area contributed by atoms with E-state index in [0.717, 1.165) is 5.56 Å². The molecule has 0 saturated heterocycles. The molecule has 0 radical (unpaired) electrons. The Bertz CT molecular complexity index is 328. The molecule has 1 rings (SSSR count). The maximum Gasteiger partial charge on any atom is 0.341 e. The standard InChI is InChI=1S/C9H9ClO3.H3N/c1-6-4-7(10)2-3-8(6)13-5-9(11)12;/h2-4H,5H2,1H3,(H,11,12);1H3/p+1. The molecule has 78 valence electrons. The van der Waals surface area contributed by atoms with E-state index in [1.165, 1.54) is 0 Å². The maximum absolute atomic E-state index is 10.2. The van der Waals surface area contributed by atoms with E-state index in [0.29, 0.717) is 10.8 Å². The first-order valence-corrected chi connectivity index (χ1v) is 4.08. The van der Waals surface area contributed by atoms with Gasteiger partial charge in [-0.2, -0.15) is 0 Å². The van der Waals surface area contributed by atoms with Crippen molar-refractivity contribution in [3.8, 4) is 5.75 Å². The molecule has 0 aromatic heterocycles. The molecule has 0 aliphatic heterocycles. The van der Waals surface area contributed by atoms with Crippen molar-refractivity contribution in [3.05, 3.63) is 28.8 Å². The van der Waals surface area contributed by atoms with Crippen LogP contribution in [0.3, 0.4) is 0 Å². The molecule has 5 heteroatoms. The monoisotopic (exact) mass is 218 g/mol. The summed E-state index contributed by atoms with van der Waals surface area (Å²) >= 11 is 5.71. The van der Waals surface area contributed by atoms with E-state index in [9.17, 15) is 4.79 Å². The Labute approximate surface area is 87.0 Å². The second kappa shape index (κ2) is 5.47. The minimum absolute atomic E-state index is 0. The molecule has 0 amide bonds. The first kappa shape index (κ1) is 12.7. The second-order valence-electron chi connectivity index (χ2n) is 2.59. The number of aryl methyl sites for hydroxylation is 1. The van der Waals surface area contributed by atoms with Gasteiger partial charge in [0.1, 0.15) is 5.75 Å². The number of quaternary nitrogens is 1. The third-order valence-corrected chi connectivity index (χ3v) is 1.72. The number of hydrogen-bond acceptors (Lipinski definition) is 2. The summed E-state index contributed by atoms with van der Waals surface area (Å²) in [5.41, 5.74) is 0.828. The number of carboxylic acids is 1.